The van der Waals surface area contributed by atoms with Gasteiger partial charge in [0.05, 0.1) is 17.2 Å². The van der Waals surface area contributed by atoms with Crippen molar-refractivity contribution in [2.45, 2.75) is 27.2 Å². The van der Waals surface area contributed by atoms with Gasteiger partial charge in [0.25, 0.3) is 0 Å². The maximum atomic E-state index is 11.3. The number of benzene rings is 1. The van der Waals surface area contributed by atoms with Crippen molar-refractivity contribution >= 4 is 23.0 Å². The normalized spacial score (nSPS) is 10.8. The van der Waals surface area contributed by atoms with Crippen LogP contribution in [0.25, 0.3) is 10.6 Å². The third kappa shape index (κ3) is 4.08. The molecule has 2 aromatic rings. The van der Waals surface area contributed by atoms with Gasteiger partial charge in [-0.3, -0.25) is 10.1 Å². The Morgan fingerprint density at radius 1 is 1.46 bits per heavy atom. The topological polar surface area (TPSA) is 103 Å². The lowest BCUT2D eigenvalue weighted by atomic mass is 10.1. The number of aromatic nitrogens is 1. The van der Waals surface area contributed by atoms with Gasteiger partial charge in [0, 0.05) is 11.6 Å². The van der Waals surface area contributed by atoms with Crippen LogP contribution in [-0.4, -0.2) is 27.6 Å². The number of aryl methyl sites for hydroxylation is 1. The molecule has 8 heteroatoms. The number of hydrogen-bond acceptors (Lipinski definition) is 6. The van der Waals surface area contributed by atoms with Crippen molar-refractivity contribution in [3.8, 4) is 16.3 Å². The predicted molar refractivity (Wildman–Crippen MR) is 90.9 cm³/mol. The molecule has 0 saturated heterocycles. The van der Waals surface area contributed by atoms with Crippen molar-refractivity contribution in [2.75, 3.05) is 6.61 Å². The van der Waals surface area contributed by atoms with Gasteiger partial charge >= 0.3 is 11.7 Å². The molecule has 0 aliphatic heterocycles. The quantitative estimate of drug-likeness (QED) is 0.594. The molecule has 0 unspecified atom stereocenters. The van der Waals surface area contributed by atoms with E-state index in [2.05, 4.69) is 4.98 Å². The minimum atomic E-state index is -1.06. The van der Waals surface area contributed by atoms with Crippen LogP contribution < -0.4 is 4.74 Å². The molecule has 0 aliphatic carbocycles. The molecule has 0 fully saturated rings. The molecular weight excluding hydrogens is 332 g/mol. The molecule has 1 N–H and O–H groups in total. The van der Waals surface area contributed by atoms with E-state index in [1.807, 2.05) is 13.8 Å². The molecule has 1 aromatic heterocycles. The van der Waals surface area contributed by atoms with Gasteiger partial charge in [0.1, 0.15) is 9.88 Å². The standard InChI is InChI=1S/C16H18N2O5S/c1-9(2)6-7-23-13-5-4-11(8-12(13)18(21)22)15-17-10(3)14(24-15)16(19)20/h4-5,8-9H,6-7H2,1-3H3,(H,19,20). The van der Waals surface area contributed by atoms with Crippen LogP contribution in [0.3, 0.4) is 0 Å². The summed E-state index contributed by atoms with van der Waals surface area (Å²) in [4.78, 5) is 26.2. The Labute approximate surface area is 143 Å². The molecule has 0 aliphatic rings. The number of ether oxygens (including phenoxy) is 1. The van der Waals surface area contributed by atoms with Crippen LogP contribution in [0, 0.1) is 23.0 Å². The van der Waals surface area contributed by atoms with E-state index in [0.29, 0.717) is 28.8 Å². The summed E-state index contributed by atoms with van der Waals surface area (Å²) in [6.07, 6.45) is 0.798. The smallest absolute Gasteiger partial charge is 0.347 e. The van der Waals surface area contributed by atoms with Gasteiger partial charge in [-0.2, -0.15) is 0 Å². The van der Waals surface area contributed by atoms with Gasteiger partial charge in [-0.05, 0) is 31.4 Å². The molecule has 1 aromatic carbocycles. The predicted octanol–water partition coefficient (Wildman–Crippen LogP) is 4.15. The van der Waals surface area contributed by atoms with Gasteiger partial charge in [-0.25, -0.2) is 9.78 Å². The molecule has 0 saturated carbocycles. The summed E-state index contributed by atoms with van der Waals surface area (Å²) in [5, 5.41) is 20.8. The highest BCUT2D eigenvalue weighted by molar-refractivity contribution is 7.17. The number of nitro benzene ring substituents is 1. The second kappa shape index (κ2) is 7.39. The first-order valence-corrected chi connectivity index (χ1v) is 8.23. The number of nitro groups is 1. The lowest BCUT2D eigenvalue weighted by Gasteiger charge is -2.09. The number of hydrogen-bond donors (Lipinski definition) is 1. The van der Waals surface area contributed by atoms with Crippen molar-refractivity contribution in [2.24, 2.45) is 5.92 Å². The number of carbonyl (C=O) groups is 1. The van der Waals surface area contributed by atoms with Crippen LogP contribution in [0.4, 0.5) is 5.69 Å². The Kier molecular flexibility index (Phi) is 5.50. The Balaban J connectivity index is 2.33. The van der Waals surface area contributed by atoms with Crippen LogP contribution in [0.15, 0.2) is 18.2 Å². The molecular formula is C16H18N2O5S. The van der Waals surface area contributed by atoms with Gasteiger partial charge in [-0.15, -0.1) is 11.3 Å². The molecule has 0 atom stereocenters. The first kappa shape index (κ1) is 17.9. The lowest BCUT2D eigenvalue weighted by Crippen LogP contribution is -2.03. The molecule has 0 bridgehead atoms. The van der Waals surface area contributed by atoms with Crippen LogP contribution in [0.2, 0.25) is 0 Å². The molecule has 0 amide bonds. The fraction of sp³-hybridized carbons (Fsp3) is 0.375. The number of carboxylic acids is 1. The van der Waals surface area contributed by atoms with E-state index in [-0.39, 0.29) is 16.3 Å². The van der Waals surface area contributed by atoms with E-state index in [9.17, 15) is 14.9 Å². The molecule has 2 rings (SSSR count). The van der Waals surface area contributed by atoms with Crippen LogP contribution >= 0.6 is 11.3 Å². The Bertz CT molecular complexity index is 770. The average Bonchev–Trinajstić information content (AvgIpc) is 2.89. The van der Waals surface area contributed by atoms with Crippen LogP contribution in [-0.2, 0) is 0 Å². The fourth-order valence-corrected chi connectivity index (χ4v) is 2.94. The third-order valence-electron chi connectivity index (χ3n) is 3.35. The molecule has 24 heavy (non-hydrogen) atoms. The average molecular weight is 350 g/mol. The second-order valence-corrected chi connectivity index (χ2v) is 6.71. The van der Waals surface area contributed by atoms with Crippen LogP contribution in [0.5, 0.6) is 5.75 Å². The molecule has 7 nitrogen and oxygen atoms in total. The van der Waals surface area contributed by atoms with E-state index >= 15 is 0 Å². The van der Waals surface area contributed by atoms with E-state index in [1.165, 1.54) is 12.1 Å². The Morgan fingerprint density at radius 3 is 2.71 bits per heavy atom. The van der Waals surface area contributed by atoms with Crippen molar-refractivity contribution in [1.82, 2.24) is 4.98 Å². The monoisotopic (exact) mass is 350 g/mol. The van der Waals surface area contributed by atoms with E-state index in [1.54, 1.807) is 13.0 Å². The molecule has 1 heterocycles. The first-order valence-electron chi connectivity index (χ1n) is 7.42. The maximum absolute atomic E-state index is 11.3. The van der Waals surface area contributed by atoms with Crippen LogP contribution in [0.1, 0.15) is 35.6 Å². The zero-order valence-corrected chi connectivity index (χ0v) is 14.4. The zero-order chi connectivity index (χ0) is 17.9. The fourth-order valence-electron chi connectivity index (χ4n) is 2.04. The van der Waals surface area contributed by atoms with E-state index < -0.39 is 10.9 Å². The summed E-state index contributed by atoms with van der Waals surface area (Å²) in [5.41, 5.74) is 0.738. The largest absolute Gasteiger partial charge is 0.487 e. The van der Waals surface area contributed by atoms with E-state index in [0.717, 1.165) is 17.8 Å². The van der Waals surface area contributed by atoms with Gasteiger partial charge in [0.2, 0.25) is 0 Å². The Hall–Kier alpha value is -2.48. The Morgan fingerprint density at radius 2 is 2.17 bits per heavy atom. The molecule has 0 radical (unpaired) electrons. The highest BCUT2D eigenvalue weighted by Gasteiger charge is 2.20. The number of carboxylic acid groups (broad SMARTS) is 1. The SMILES string of the molecule is Cc1nc(-c2ccc(OCCC(C)C)c([N+](=O)[O-])c2)sc1C(=O)O. The zero-order valence-electron chi connectivity index (χ0n) is 13.6. The number of aromatic carboxylic acids is 1. The van der Waals surface area contributed by atoms with Crippen molar-refractivity contribution < 1.29 is 19.6 Å². The maximum Gasteiger partial charge on any atom is 0.347 e. The molecule has 128 valence electrons. The number of thiazole rings is 1. The second-order valence-electron chi connectivity index (χ2n) is 5.71. The molecule has 0 spiro atoms. The van der Waals surface area contributed by atoms with Crippen molar-refractivity contribution in [3.63, 3.8) is 0 Å². The third-order valence-corrected chi connectivity index (χ3v) is 4.54. The van der Waals surface area contributed by atoms with Gasteiger partial charge < -0.3 is 9.84 Å². The summed E-state index contributed by atoms with van der Waals surface area (Å²) >= 11 is 0.995. The summed E-state index contributed by atoms with van der Waals surface area (Å²) in [7, 11) is 0. The summed E-state index contributed by atoms with van der Waals surface area (Å²) < 4.78 is 5.51. The summed E-state index contributed by atoms with van der Waals surface area (Å²) in [6, 6.07) is 4.56. The van der Waals surface area contributed by atoms with Crippen molar-refractivity contribution in [1.29, 1.82) is 0 Å². The highest BCUT2D eigenvalue weighted by atomic mass is 32.1. The van der Waals surface area contributed by atoms with Gasteiger partial charge in [0.15, 0.2) is 5.75 Å². The minimum absolute atomic E-state index is 0.130. The highest BCUT2D eigenvalue weighted by Crippen LogP contribution is 2.35. The first-order chi connectivity index (χ1) is 11.3. The number of nitrogens with zero attached hydrogens (tertiary/aromatic N) is 2. The van der Waals surface area contributed by atoms with Gasteiger partial charge in [-0.1, -0.05) is 13.8 Å². The van der Waals surface area contributed by atoms with Crippen molar-refractivity contribution in [3.05, 3.63) is 38.9 Å². The minimum Gasteiger partial charge on any atom is -0.487 e. The number of rotatable bonds is 7. The summed E-state index contributed by atoms with van der Waals surface area (Å²) in [5.74, 6) is -0.411. The van der Waals surface area contributed by atoms with E-state index in [4.69, 9.17) is 9.84 Å². The summed E-state index contributed by atoms with van der Waals surface area (Å²) in [6.45, 7) is 6.09. The lowest BCUT2D eigenvalue weighted by molar-refractivity contribution is -0.385.